The molecule has 112 valence electrons. The number of methoxy groups -OCH3 is 1. The van der Waals surface area contributed by atoms with Gasteiger partial charge in [-0.2, -0.15) is 22.0 Å². The summed E-state index contributed by atoms with van der Waals surface area (Å²) in [5, 5.41) is 1.58. The Balaban J connectivity index is 2.75. The van der Waals surface area contributed by atoms with Gasteiger partial charge in [0.15, 0.2) is 0 Å². The first-order valence-electron chi connectivity index (χ1n) is 5.48. The van der Waals surface area contributed by atoms with Crippen LogP contribution in [0, 0.1) is 0 Å². The van der Waals surface area contributed by atoms with Crippen molar-refractivity contribution in [3.8, 4) is 0 Å². The number of benzene rings is 1. The molecule has 0 fully saturated rings. The molecule has 0 saturated carbocycles. The molecule has 0 saturated heterocycles. The van der Waals surface area contributed by atoms with Crippen molar-refractivity contribution in [2.75, 3.05) is 7.11 Å². The van der Waals surface area contributed by atoms with Crippen LogP contribution < -0.4 is 5.32 Å². The van der Waals surface area contributed by atoms with Crippen LogP contribution in [0.3, 0.4) is 0 Å². The Labute approximate surface area is 111 Å². The second kappa shape index (κ2) is 6.17. The van der Waals surface area contributed by atoms with Gasteiger partial charge in [-0.1, -0.05) is 24.3 Å². The molecule has 0 unspecified atom stereocenters. The quantitative estimate of drug-likeness (QED) is 0.849. The monoisotopic (exact) mass is 297 g/mol. The van der Waals surface area contributed by atoms with Gasteiger partial charge in [0.25, 0.3) is 0 Å². The summed E-state index contributed by atoms with van der Waals surface area (Å²) < 4.78 is 66.2. The van der Waals surface area contributed by atoms with E-state index < -0.39 is 24.6 Å². The molecule has 1 N–H and O–H groups in total. The van der Waals surface area contributed by atoms with E-state index >= 15 is 0 Å². The lowest BCUT2D eigenvalue weighted by molar-refractivity contribution is -0.269. The minimum atomic E-state index is -5.91. The largest absolute Gasteiger partial charge is 0.463 e. The fourth-order valence-electron chi connectivity index (χ4n) is 1.44. The molecular formula is C12H12F5NO2. The molecule has 0 aliphatic rings. The summed E-state index contributed by atoms with van der Waals surface area (Å²) in [6.07, 6.45) is -5.91. The SMILES string of the molecule is COCc1ccccc1CNC(=O)C(F)(F)C(F)(F)F. The molecular weight excluding hydrogens is 285 g/mol. The Bertz CT molecular complexity index is 473. The molecule has 0 radical (unpaired) electrons. The molecule has 1 amide bonds. The highest BCUT2D eigenvalue weighted by molar-refractivity contribution is 5.84. The zero-order chi connectivity index (χ0) is 15.4. The van der Waals surface area contributed by atoms with Crippen LogP contribution in [0.15, 0.2) is 24.3 Å². The van der Waals surface area contributed by atoms with E-state index in [1.54, 1.807) is 23.5 Å². The van der Waals surface area contributed by atoms with Gasteiger partial charge in [0, 0.05) is 13.7 Å². The second-order valence-electron chi connectivity index (χ2n) is 3.96. The molecule has 20 heavy (non-hydrogen) atoms. The molecule has 3 nitrogen and oxygen atoms in total. The van der Waals surface area contributed by atoms with Crippen molar-refractivity contribution >= 4 is 5.91 Å². The number of carbonyl (C=O) groups excluding carboxylic acids is 1. The predicted molar refractivity (Wildman–Crippen MR) is 60.0 cm³/mol. The average molecular weight is 297 g/mol. The third-order valence-electron chi connectivity index (χ3n) is 2.50. The zero-order valence-corrected chi connectivity index (χ0v) is 10.4. The number of rotatable bonds is 5. The van der Waals surface area contributed by atoms with E-state index in [0.717, 1.165) is 0 Å². The van der Waals surface area contributed by atoms with Gasteiger partial charge in [0.05, 0.1) is 6.61 Å². The van der Waals surface area contributed by atoms with Crippen LogP contribution in [0.1, 0.15) is 11.1 Å². The van der Waals surface area contributed by atoms with Crippen molar-refractivity contribution < 1.29 is 31.5 Å². The lowest BCUT2D eigenvalue weighted by Crippen LogP contribution is -2.50. The van der Waals surface area contributed by atoms with E-state index in [1.807, 2.05) is 0 Å². The molecule has 0 heterocycles. The second-order valence-corrected chi connectivity index (χ2v) is 3.96. The van der Waals surface area contributed by atoms with Gasteiger partial charge in [0.2, 0.25) is 0 Å². The summed E-state index contributed by atoms with van der Waals surface area (Å²) in [4.78, 5) is 10.9. The molecule has 1 aromatic rings. The van der Waals surface area contributed by atoms with Gasteiger partial charge in [-0.05, 0) is 11.1 Å². The van der Waals surface area contributed by atoms with Crippen molar-refractivity contribution in [3.63, 3.8) is 0 Å². The van der Waals surface area contributed by atoms with Crippen molar-refractivity contribution in [3.05, 3.63) is 35.4 Å². The summed E-state index contributed by atoms with van der Waals surface area (Å²) in [5.74, 6) is -7.79. The Kier molecular flexibility index (Phi) is 5.04. The number of amides is 1. The van der Waals surface area contributed by atoms with Crippen LogP contribution in [-0.4, -0.2) is 25.1 Å². The molecule has 0 aliphatic heterocycles. The van der Waals surface area contributed by atoms with E-state index in [2.05, 4.69) is 0 Å². The van der Waals surface area contributed by atoms with Crippen LogP contribution in [0.2, 0.25) is 0 Å². The molecule has 1 rings (SSSR count). The first-order valence-corrected chi connectivity index (χ1v) is 5.48. The predicted octanol–water partition coefficient (Wildman–Crippen LogP) is 2.65. The topological polar surface area (TPSA) is 38.3 Å². The van der Waals surface area contributed by atoms with Gasteiger partial charge < -0.3 is 10.1 Å². The van der Waals surface area contributed by atoms with Crippen LogP contribution in [0.5, 0.6) is 0 Å². The Morgan fingerprint density at radius 2 is 1.70 bits per heavy atom. The minimum Gasteiger partial charge on any atom is -0.380 e. The summed E-state index contributed by atoms with van der Waals surface area (Å²) in [7, 11) is 1.41. The number of halogens is 5. The smallest absolute Gasteiger partial charge is 0.380 e. The summed E-state index contributed by atoms with van der Waals surface area (Å²) in [6.45, 7) is -0.286. The molecule has 8 heteroatoms. The van der Waals surface area contributed by atoms with E-state index in [4.69, 9.17) is 4.74 Å². The third kappa shape index (κ3) is 3.66. The molecule has 0 atom stereocenters. The fourth-order valence-corrected chi connectivity index (χ4v) is 1.44. The minimum absolute atomic E-state index is 0.154. The maximum absolute atomic E-state index is 12.7. The maximum Gasteiger partial charge on any atom is 0.463 e. The molecule has 0 aromatic heterocycles. The zero-order valence-electron chi connectivity index (χ0n) is 10.4. The van der Waals surface area contributed by atoms with Crippen LogP contribution >= 0.6 is 0 Å². The van der Waals surface area contributed by atoms with Crippen molar-refractivity contribution in [2.45, 2.75) is 25.3 Å². The number of hydrogen-bond donors (Lipinski definition) is 1. The molecule has 0 aliphatic carbocycles. The van der Waals surface area contributed by atoms with E-state index in [1.165, 1.54) is 13.2 Å². The van der Waals surface area contributed by atoms with E-state index in [-0.39, 0.29) is 6.61 Å². The summed E-state index contributed by atoms with van der Waals surface area (Å²) >= 11 is 0. The summed E-state index contributed by atoms with van der Waals surface area (Å²) in [6, 6.07) is 6.35. The number of alkyl halides is 5. The van der Waals surface area contributed by atoms with Crippen LogP contribution in [0.4, 0.5) is 22.0 Å². The third-order valence-corrected chi connectivity index (χ3v) is 2.50. The lowest BCUT2D eigenvalue weighted by atomic mass is 10.1. The highest BCUT2D eigenvalue weighted by Crippen LogP contribution is 2.35. The first-order chi connectivity index (χ1) is 9.20. The first kappa shape index (κ1) is 16.4. The Morgan fingerprint density at radius 1 is 1.15 bits per heavy atom. The number of ether oxygens (including phenoxy) is 1. The molecule has 0 bridgehead atoms. The molecule has 1 aromatic carbocycles. The summed E-state index contributed by atoms with van der Waals surface area (Å²) in [5.41, 5.74) is 0.992. The normalized spacial score (nSPS) is 12.3. The molecule has 0 spiro atoms. The van der Waals surface area contributed by atoms with Gasteiger partial charge >= 0.3 is 18.0 Å². The average Bonchev–Trinajstić information content (AvgIpc) is 2.36. The highest BCUT2D eigenvalue weighted by atomic mass is 19.4. The van der Waals surface area contributed by atoms with Crippen molar-refractivity contribution in [2.24, 2.45) is 0 Å². The Hall–Kier alpha value is -1.70. The number of hydrogen-bond acceptors (Lipinski definition) is 2. The standard InChI is InChI=1S/C12H12F5NO2/c1-20-7-9-5-3-2-4-8(9)6-18-10(19)11(13,14)12(15,16)17/h2-5H,6-7H2,1H3,(H,18,19). The van der Waals surface area contributed by atoms with E-state index in [0.29, 0.717) is 11.1 Å². The maximum atomic E-state index is 12.7. The fraction of sp³-hybridized carbons (Fsp3) is 0.417. The van der Waals surface area contributed by atoms with Crippen molar-refractivity contribution in [1.29, 1.82) is 0 Å². The van der Waals surface area contributed by atoms with Gasteiger partial charge in [-0.15, -0.1) is 0 Å². The Morgan fingerprint density at radius 3 is 2.20 bits per heavy atom. The van der Waals surface area contributed by atoms with E-state index in [9.17, 15) is 26.7 Å². The van der Waals surface area contributed by atoms with Crippen LogP contribution in [0.25, 0.3) is 0 Å². The van der Waals surface area contributed by atoms with Gasteiger partial charge in [-0.25, -0.2) is 0 Å². The van der Waals surface area contributed by atoms with Gasteiger partial charge in [-0.3, -0.25) is 4.79 Å². The highest BCUT2D eigenvalue weighted by Gasteiger charge is 2.63. The van der Waals surface area contributed by atoms with Crippen LogP contribution in [-0.2, 0) is 22.7 Å². The van der Waals surface area contributed by atoms with Gasteiger partial charge in [0.1, 0.15) is 0 Å². The van der Waals surface area contributed by atoms with Crippen molar-refractivity contribution in [1.82, 2.24) is 5.32 Å². The number of carbonyl (C=O) groups is 1. The number of nitrogens with one attached hydrogen (secondary N) is 1. The lowest BCUT2D eigenvalue weighted by Gasteiger charge is -2.19.